The highest BCUT2D eigenvalue weighted by Crippen LogP contribution is 2.37. The molecule has 5 aromatic rings. The molecule has 0 aliphatic heterocycles. The number of halogens is 3. The minimum Gasteiger partial charge on any atom is -0.487 e. The van der Waals surface area contributed by atoms with Crippen LogP contribution >= 0.6 is 11.3 Å². The van der Waals surface area contributed by atoms with Crippen LogP contribution in [0.5, 0.6) is 11.5 Å². The van der Waals surface area contributed by atoms with E-state index >= 15 is 0 Å². The van der Waals surface area contributed by atoms with Gasteiger partial charge < -0.3 is 20.2 Å². The van der Waals surface area contributed by atoms with Crippen LogP contribution in [0.4, 0.5) is 19.0 Å². The normalized spacial score (nSPS) is 13.4. The number of rotatable bonds is 9. The Morgan fingerprint density at radius 1 is 1.19 bits per heavy atom. The number of H-pyrrole nitrogens is 1. The highest BCUT2D eigenvalue weighted by molar-refractivity contribution is 7.13. The molecule has 3 N–H and O–H groups in total. The fourth-order valence-electron chi connectivity index (χ4n) is 4.79. The molecule has 0 spiro atoms. The van der Waals surface area contributed by atoms with Crippen LogP contribution in [-0.4, -0.2) is 33.6 Å². The van der Waals surface area contributed by atoms with E-state index in [4.69, 9.17) is 15.2 Å². The first-order valence-electron chi connectivity index (χ1n) is 13.1. The van der Waals surface area contributed by atoms with Gasteiger partial charge in [-0.2, -0.15) is 5.10 Å². The standard InChI is InChI=1S/C31H25F3N4O3S/c1-17-11-19(8-9-25(17)41-26-6-3-2-5-22(26)32)38-31(35)21(15-36-38)30(39)24-12-18-13-27(40-16-29(33)34)20(14-23(18)37-24)28-7-4-10-42-28/h2,4-5,7-15,29,37H,3,6,16,35H2,1H3. The van der Waals surface area contributed by atoms with Crippen LogP contribution in [0, 0.1) is 6.92 Å². The molecule has 6 rings (SSSR count). The van der Waals surface area contributed by atoms with Crippen molar-refractivity contribution < 1.29 is 27.4 Å². The van der Waals surface area contributed by atoms with Gasteiger partial charge in [0.05, 0.1) is 23.1 Å². The van der Waals surface area contributed by atoms with Crippen LogP contribution in [0.1, 0.15) is 34.5 Å². The van der Waals surface area contributed by atoms with Crippen molar-refractivity contribution in [1.82, 2.24) is 14.8 Å². The van der Waals surface area contributed by atoms with Gasteiger partial charge in [0.1, 0.15) is 29.7 Å². The molecule has 7 nitrogen and oxygen atoms in total. The first-order valence-corrected chi connectivity index (χ1v) is 14.0. The molecular weight excluding hydrogens is 565 g/mol. The first kappa shape index (κ1) is 27.4. The van der Waals surface area contributed by atoms with Gasteiger partial charge in [0.2, 0.25) is 5.78 Å². The maximum atomic E-state index is 14.1. The number of ketones is 1. The molecular formula is C31H25F3N4O3S. The second kappa shape index (κ2) is 11.2. The van der Waals surface area contributed by atoms with E-state index in [0.29, 0.717) is 46.5 Å². The molecule has 0 unspecified atom stereocenters. The zero-order valence-electron chi connectivity index (χ0n) is 22.4. The largest absolute Gasteiger partial charge is 0.487 e. The average molecular weight is 591 g/mol. The Kier molecular flexibility index (Phi) is 7.34. The van der Waals surface area contributed by atoms with Gasteiger partial charge in [-0.1, -0.05) is 12.1 Å². The zero-order valence-corrected chi connectivity index (χ0v) is 23.2. The number of hydrogen-bond acceptors (Lipinski definition) is 6. The number of carbonyl (C=O) groups is 1. The van der Waals surface area contributed by atoms with Gasteiger partial charge in [0, 0.05) is 27.8 Å². The summed E-state index contributed by atoms with van der Waals surface area (Å²) in [5.74, 6) is 0.468. The number of allylic oxidation sites excluding steroid dienone is 4. The third kappa shape index (κ3) is 5.30. The number of benzene rings is 2. The number of aryl methyl sites for hydroxylation is 1. The maximum absolute atomic E-state index is 14.1. The molecule has 0 fully saturated rings. The lowest BCUT2D eigenvalue weighted by Crippen LogP contribution is -2.08. The lowest BCUT2D eigenvalue weighted by atomic mass is 10.1. The second-order valence-electron chi connectivity index (χ2n) is 9.75. The van der Waals surface area contributed by atoms with Gasteiger partial charge in [0.25, 0.3) is 6.43 Å². The van der Waals surface area contributed by atoms with Gasteiger partial charge >= 0.3 is 0 Å². The van der Waals surface area contributed by atoms with Crippen LogP contribution in [0.2, 0.25) is 0 Å². The summed E-state index contributed by atoms with van der Waals surface area (Å²) < 4.78 is 52.6. The van der Waals surface area contributed by atoms with E-state index in [1.165, 1.54) is 28.3 Å². The van der Waals surface area contributed by atoms with Gasteiger partial charge in [-0.05, 0) is 72.8 Å². The first-order chi connectivity index (χ1) is 20.3. The predicted molar refractivity (Wildman–Crippen MR) is 156 cm³/mol. The summed E-state index contributed by atoms with van der Waals surface area (Å²) >= 11 is 1.45. The number of thiophene rings is 1. The van der Waals surface area contributed by atoms with E-state index in [2.05, 4.69) is 10.1 Å². The number of aromatic nitrogens is 3. The Hall–Kier alpha value is -4.77. The summed E-state index contributed by atoms with van der Waals surface area (Å²) in [6.07, 6.45) is 3.13. The molecule has 3 heterocycles. The van der Waals surface area contributed by atoms with E-state index < -0.39 is 13.0 Å². The highest BCUT2D eigenvalue weighted by atomic mass is 32.1. The molecule has 1 aliphatic carbocycles. The molecule has 2 aromatic carbocycles. The zero-order chi connectivity index (χ0) is 29.4. The van der Waals surface area contributed by atoms with Gasteiger partial charge in [-0.15, -0.1) is 11.3 Å². The average Bonchev–Trinajstić information content (AvgIpc) is 3.73. The van der Waals surface area contributed by atoms with E-state index in [-0.39, 0.29) is 34.4 Å². The Morgan fingerprint density at radius 3 is 2.79 bits per heavy atom. The summed E-state index contributed by atoms with van der Waals surface area (Å²) in [5.41, 5.74) is 9.47. The Labute approximate surface area is 242 Å². The number of hydrogen-bond donors (Lipinski definition) is 2. The summed E-state index contributed by atoms with van der Waals surface area (Å²) in [7, 11) is 0. The van der Waals surface area contributed by atoms with Crippen molar-refractivity contribution >= 4 is 33.8 Å². The molecule has 0 saturated carbocycles. The fraction of sp³-hybridized carbons (Fsp3) is 0.161. The number of anilines is 1. The molecule has 1 aliphatic rings. The van der Waals surface area contributed by atoms with Crippen molar-refractivity contribution in [2.24, 2.45) is 0 Å². The molecule has 0 bridgehead atoms. The quantitative estimate of drug-likeness (QED) is 0.171. The van der Waals surface area contributed by atoms with E-state index in [1.54, 1.807) is 42.5 Å². The number of nitrogens with zero attached hydrogens (tertiary/aromatic N) is 2. The number of fused-ring (bicyclic) bond motifs is 1. The Balaban J connectivity index is 1.28. The van der Waals surface area contributed by atoms with E-state index in [9.17, 15) is 18.0 Å². The van der Waals surface area contributed by atoms with Crippen LogP contribution in [0.25, 0.3) is 27.0 Å². The number of nitrogen functional groups attached to an aromatic ring is 1. The summed E-state index contributed by atoms with van der Waals surface area (Å²) in [5, 5.41) is 6.84. The van der Waals surface area contributed by atoms with Crippen LogP contribution < -0.4 is 15.2 Å². The molecule has 3 aromatic heterocycles. The van der Waals surface area contributed by atoms with Crippen molar-refractivity contribution in [2.75, 3.05) is 12.3 Å². The minimum atomic E-state index is -2.62. The van der Waals surface area contributed by atoms with Crippen molar-refractivity contribution in [3.63, 3.8) is 0 Å². The summed E-state index contributed by atoms with van der Waals surface area (Å²) in [6.45, 7) is 1.09. The van der Waals surface area contributed by atoms with Gasteiger partial charge in [-0.3, -0.25) is 4.79 Å². The molecule has 214 valence electrons. The molecule has 0 saturated heterocycles. The van der Waals surface area contributed by atoms with Crippen molar-refractivity contribution in [1.29, 1.82) is 0 Å². The fourth-order valence-corrected chi connectivity index (χ4v) is 5.54. The van der Waals surface area contributed by atoms with E-state index in [0.717, 1.165) is 10.4 Å². The number of carbonyl (C=O) groups excluding carboxylic acids is 1. The van der Waals surface area contributed by atoms with Gasteiger partial charge in [-0.25, -0.2) is 17.9 Å². The third-order valence-corrected chi connectivity index (χ3v) is 7.78. The molecule has 0 amide bonds. The monoisotopic (exact) mass is 590 g/mol. The highest BCUT2D eigenvalue weighted by Gasteiger charge is 2.22. The van der Waals surface area contributed by atoms with Gasteiger partial charge in [0.15, 0.2) is 5.83 Å². The minimum absolute atomic E-state index is 0.137. The maximum Gasteiger partial charge on any atom is 0.272 e. The number of alkyl halides is 2. The molecule has 0 radical (unpaired) electrons. The smallest absolute Gasteiger partial charge is 0.272 e. The van der Waals surface area contributed by atoms with Crippen molar-refractivity contribution in [3.05, 3.63) is 101 Å². The van der Waals surface area contributed by atoms with Crippen LogP contribution in [0.3, 0.4) is 0 Å². The Morgan fingerprint density at radius 2 is 2.05 bits per heavy atom. The third-order valence-electron chi connectivity index (χ3n) is 6.87. The number of nitrogens with one attached hydrogen (secondary N) is 1. The van der Waals surface area contributed by atoms with Crippen molar-refractivity contribution in [2.45, 2.75) is 26.2 Å². The molecule has 0 atom stereocenters. The second-order valence-corrected chi connectivity index (χ2v) is 10.7. The van der Waals surface area contributed by atoms with Crippen LogP contribution in [-0.2, 0) is 0 Å². The predicted octanol–water partition coefficient (Wildman–Crippen LogP) is 7.76. The lowest BCUT2D eigenvalue weighted by molar-refractivity contribution is 0.0822. The van der Waals surface area contributed by atoms with E-state index in [1.807, 2.05) is 24.4 Å². The lowest BCUT2D eigenvalue weighted by Gasteiger charge is -2.15. The van der Waals surface area contributed by atoms with Crippen molar-refractivity contribution in [3.8, 4) is 27.6 Å². The number of ether oxygens (including phenoxy) is 2. The molecule has 42 heavy (non-hydrogen) atoms. The Bertz CT molecular complexity index is 1850. The SMILES string of the molecule is Cc1cc(-n2ncc(C(=O)c3cc4cc(OCC(F)F)c(-c5cccs5)cc4[nH]3)c2N)ccc1OC1=C(F)C=CCC1. The molecule has 11 heteroatoms. The summed E-state index contributed by atoms with van der Waals surface area (Å²) in [6, 6.07) is 14.0. The summed E-state index contributed by atoms with van der Waals surface area (Å²) in [4.78, 5) is 17.5. The number of nitrogens with two attached hydrogens (primary N) is 1. The topological polar surface area (TPSA) is 95.2 Å². The number of aromatic amines is 1. The van der Waals surface area contributed by atoms with Crippen LogP contribution in [0.15, 0.2) is 83.8 Å².